The van der Waals surface area contributed by atoms with Crippen LogP contribution in [0.15, 0.2) is 126 Å². The second-order valence-electron chi connectivity index (χ2n) is 8.84. The van der Waals surface area contributed by atoms with E-state index in [1.54, 1.807) is 0 Å². The zero-order chi connectivity index (χ0) is 24.6. The highest BCUT2D eigenvalue weighted by Gasteiger charge is 2.22. The average molecular weight is 476 g/mol. The van der Waals surface area contributed by atoms with Crippen LogP contribution in [-0.2, 0) is 34.0 Å². The molecule has 0 unspecified atom stereocenters. The van der Waals surface area contributed by atoms with Gasteiger partial charge in [0.2, 0.25) is 0 Å². The van der Waals surface area contributed by atoms with Crippen LogP contribution in [0.3, 0.4) is 0 Å². The zero-order valence-electron chi connectivity index (χ0n) is 20.2. The van der Waals surface area contributed by atoms with Crippen LogP contribution < -0.4 is 5.32 Å². The van der Waals surface area contributed by atoms with Gasteiger partial charge >= 0.3 is 5.97 Å². The van der Waals surface area contributed by atoms with E-state index in [4.69, 9.17) is 9.47 Å². The Morgan fingerprint density at radius 1 is 0.722 bits per heavy atom. The molecule has 1 aliphatic rings. The zero-order valence-corrected chi connectivity index (χ0v) is 20.2. The van der Waals surface area contributed by atoms with E-state index >= 15 is 0 Å². The standard InChI is InChI=1S/C32H29NO3/c34-32(36-23-25-12-5-2-6-13-25)30-19-18-28(20-31(30)35-22-24-10-3-1-4-11-24)33-21-27-16-9-15-26-14-7-8-17-29(26)27/h1-17,20,33H,18-19,21-23H2. The summed E-state index contributed by atoms with van der Waals surface area (Å²) in [6.45, 7) is 1.33. The number of nitrogens with one attached hydrogen (secondary N) is 1. The minimum Gasteiger partial charge on any atom is -0.488 e. The first-order chi connectivity index (χ1) is 17.8. The molecule has 4 aromatic rings. The number of hydrogen-bond acceptors (Lipinski definition) is 4. The third kappa shape index (κ3) is 5.84. The van der Waals surface area contributed by atoms with Gasteiger partial charge in [-0.3, -0.25) is 0 Å². The highest BCUT2D eigenvalue weighted by molar-refractivity contribution is 5.90. The first-order valence-corrected chi connectivity index (χ1v) is 12.3. The van der Waals surface area contributed by atoms with Crippen molar-refractivity contribution in [2.24, 2.45) is 0 Å². The lowest BCUT2D eigenvalue weighted by Crippen LogP contribution is -2.20. The van der Waals surface area contributed by atoms with Crippen molar-refractivity contribution in [1.82, 2.24) is 5.32 Å². The highest BCUT2D eigenvalue weighted by atomic mass is 16.5. The van der Waals surface area contributed by atoms with Crippen LogP contribution in [-0.4, -0.2) is 5.97 Å². The Bertz CT molecular complexity index is 1390. The van der Waals surface area contributed by atoms with E-state index in [-0.39, 0.29) is 12.6 Å². The van der Waals surface area contributed by atoms with E-state index in [1.165, 1.54) is 16.3 Å². The fraction of sp³-hybridized carbons (Fsp3) is 0.156. The molecule has 0 amide bonds. The van der Waals surface area contributed by atoms with Crippen molar-refractivity contribution in [3.8, 4) is 0 Å². The fourth-order valence-electron chi connectivity index (χ4n) is 4.37. The summed E-state index contributed by atoms with van der Waals surface area (Å²) in [4.78, 5) is 13.0. The fourth-order valence-corrected chi connectivity index (χ4v) is 4.37. The van der Waals surface area contributed by atoms with Crippen LogP contribution >= 0.6 is 0 Å². The third-order valence-electron chi connectivity index (χ3n) is 6.33. The van der Waals surface area contributed by atoms with Gasteiger partial charge in [0.05, 0.1) is 5.57 Å². The molecule has 0 aromatic heterocycles. The number of fused-ring (bicyclic) bond motifs is 1. The van der Waals surface area contributed by atoms with Gasteiger partial charge in [-0.2, -0.15) is 0 Å². The summed E-state index contributed by atoms with van der Waals surface area (Å²) in [7, 11) is 0. The average Bonchev–Trinajstić information content (AvgIpc) is 2.95. The number of carbonyl (C=O) groups is 1. The quantitative estimate of drug-likeness (QED) is 0.270. The van der Waals surface area contributed by atoms with Crippen molar-refractivity contribution in [2.45, 2.75) is 32.6 Å². The summed E-state index contributed by atoms with van der Waals surface area (Å²) in [6.07, 6.45) is 3.24. The molecule has 0 heterocycles. The third-order valence-corrected chi connectivity index (χ3v) is 6.33. The highest BCUT2D eigenvalue weighted by Crippen LogP contribution is 2.27. The summed E-state index contributed by atoms with van der Waals surface area (Å²) >= 11 is 0. The molecule has 1 aliphatic carbocycles. The Kier molecular flexibility index (Phi) is 7.43. The molecule has 0 radical (unpaired) electrons. The van der Waals surface area contributed by atoms with Crippen LogP contribution in [0.25, 0.3) is 10.8 Å². The largest absolute Gasteiger partial charge is 0.488 e. The minimum absolute atomic E-state index is 0.241. The molecule has 180 valence electrons. The van der Waals surface area contributed by atoms with Crippen LogP contribution in [0.4, 0.5) is 0 Å². The summed E-state index contributed by atoms with van der Waals surface area (Å²) in [5.74, 6) is 0.245. The van der Waals surface area contributed by atoms with Crippen molar-refractivity contribution in [2.75, 3.05) is 0 Å². The van der Waals surface area contributed by atoms with E-state index < -0.39 is 0 Å². The Morgan fingerprint density at radius 2 is 1.39 bits per heavy atom. The Morgan fingerprint density at radius 3 is 2.17 bits per heavy atom. The lowest BCUT2D eigenvalue weighted by molar-refractivity contribution is -0.140. The maximum atomic E-state index is 13.0. The molecule has 36 heavy (non-hydrogen) atoms. The van der Waals surface area contributed by atoms with E-state index in [9.17, 15) is 4.79 Å². The summed E-state index contributed by atoms with van der Waals surface area (Å²) in [5.41, 5.74) is 4.87. The SMILES string of the molecule is O=C(OCc1ccccc1)C1=C(OCc2ccccc2)C=C(NCc2cccc3ccccc23)CC1. The molecule has 0 saturated carbocycles. The van der Waals surface area contributed by atoms with Gasteiger partial charge in [-0.25, -0.2) is 4.79 Å². The van der Waals surface area contributed by atoms with Crippen LogP contribution in [0, 0.1) is 0 Å². The lowest BCUT2D eigenvalue weighted by Gasteiger charge is -2.21. The summed E-state index contributed by atoms with van der Waals surface area (Å²) < 4.78 is 11.8. The van der Waals surface area contributed by atoms with Gasteiger partial charge in [0.15, 0.2) is 0 Å². The molecule has 0 atom stereocenters. The van der Waals surface area contributed by atoms with Gasteiger partial charge in [0, 0.05) is 12.2 Å². The molecular formula is C32H29NO3. The molecule has 0 spiro atoms. The van der Waals surface area contributed by atoms with Crippen molar-refractivity contribution in [3.05, 3.63) is 143 Å². The number of rotatable bonds is 9. The van der Waals surface area contributed by atoms with Crippen LogP contribution in [0.1, 0.15) is 29.5 Å². The smallest absolute Gasteiger partial charge is 0.338 e. The van der Waals surface area contributed by atoms with Crippen molar-refractivity contribution >= 4 is 16.7 Å². The molecule has 0 saturated heterocycles. The number of esters is 1. The van der Waals surface area contributed by atoms with Crippen molar-refractivity contribution in [3.63, 3.8) is 0 Å². The van der Waals surface area contributed by atoms with Crippen LogP contribution in [0.2, 0.25) is 0 Å². The second kappa shape index (κ2) is 11.4. The lowest BCUT2D eigenvalue weighted by atomic mass is 10.00. The summed E-state index contributed by atoms with van der Waals surface area (Å²) in [6, 6.07) is 34.5. The number of hydrogen-bond donors (Lipinski definition) is 1. The summed E-state index contributed by atoms with van der Waals surface area (Å²) in [5, 5.41) is 6.04. The monoisotopic (exact) mass is 475 g/mol. The normalized spacial score (nSPS) is 13.3. The van der Waals surface area contributed by atoms with E-state index in [1.807, 2.05) is 66.7 Å². The first kappa shape index (κ1) is 23.4. The maximum Gasteiger partial charge on any atom is 0.338 e. The minimum atomic E-state index is -0.328. The van der Waals surface area contributed by atoms with Crippen molar-refractivity contribution < 1.29 is 14.3 Å². The number of ether oxygens (including phenoxy) is 2. The van der Waals surface area contributed by atoms with Gasteiger partial charge in [0.25, 0.3) is 0 Å². The van der Waals surface area contributed by atoms with Gasteiger partial charge < -0.3 is 14.8 Å². The molecule has 4 nitrogen and oxygen atoms in total. The van der Waals surface area contributed by atoms with E-state index in [0.717, 1.165) is 23.2 Å². The Hall–Kier alpha value is -4.31. The molecule has 5 rings (SSSR count). The van der Waals surface area contributed by atoms with Gasteiger partial charge in [-0.05, 0) is 46.4 Å². The topological polar surface area (TPSA) is 47.6 Å². The van der Waals surface area contributed by atoms with Gasteiger partial charge in [-0.15, -0.1) is 0 Å². The molecule has 0 fully saturated rings. The Labute approximate surface area is 211 Å². The van der Waals surface area contributed by atoms with Gasteiger partial charge in [0.1, 0.15) is 19.0 Å². The van der Waals surface area contributed by atoms with Crippen LogP contribution in [0.5, 0.6) is 0 Å². The molecule has 0 aliphatic heterocycles. The first-order valence-electron chi connectivity index (χ1n) is 12.3. The Balaban J connectivity index is 1.33. The molecular weight excluding hydrogens is 446 g/mol. The maximum absolute atomic E-state index is 13.0. The molecule has 1 N–H and O–H groups in total. The predicted octanol–water partition coefficient (Wildman–Crippen LogP) is 6.82. The molecule has 0 bridgehead atoms. The van der Waals surface area contributed by atoms with E-state index in [2.05, 4.69) is 47.8 Å². The number of benzene rings is 4. The number of carbonyl (C=O) groups excluding carboxylic acids is 1. The van der Waals surface area contributed by atoms with E-state index in [0.29, 0.717) is 30.9 Å². The number of allylic oxidation sites excluding steroid dienone is 2. The molecule has 4 heteroatoms. The second-order valence-corrected chi connectivity index (χ2v) is 8.84. The predicted molar refractivity (Wildman–Crippen MR) is 143 cm³/mol. The molecule has 4 aromatic carbocycles. The van der Waals surface area contributed by atoms with Crippen molar-refractivity contribution in [1.29, 1.82) is 0 Å². The van der Waals surface area contributed by atoms with Gasteiger partial charge in [-0.1, -0.05) is 103 Å².